The molecule has 0 saturated carbocycles. The van der Waals surface area contributed by atoms with Crippen molar-refractivity contribution in [3.63, 3.8) is 0 Å². The average Bonchev–Trinajstić information content (AvgIpc) is 2.55. The van der Waals surface area contributed by atoms with Gasteiger partial charge in [0.05, 0.1) is 44.7 Å². The maximum atomic E-state index is 13.1. The zero-order chi connectivity index (χ0) is 16.4. The molecule has 0 aliphatic carbocycles. The van der Waals surface area contributed by atoms with Gasteiger partial charge in [-0.25, -0.2) is 8.42 Å². The molecular formula is C17H23N2O3S+. The first-order valence-corrected chi connectivity index (χ1v) is 9.44. The Morgan fingerprint density at radius 2 is 1.74 bits per heavy atom. The van der Waals surface area contributed by atoms with Crippen molar-refractivity contribution in [1.29, 1.82) is 0 Å². The van der Waals surface area contributed by atoms with Gasteiger partial charge in [-0.05, 0) is 19.1 Å². The van der Waals surface area contributed by atoms with Crippen LogP contribution in [0.5, 0.6) is 5.75 Å². The van der Waals surface area contributed by atoms with Crippen LogP contribution in [0.2, 0.25) is 0 Å². The molecule has 0 atom stereocenters. The average molecular weight is 335 g/mol. The summed E-state index contributed by atoms with van der Waals surface area (Å²) in [6.45, 7) is 5.29. The fraction of sp³-hybridized carbons (Fsp3) is 0.412. The third-order valence-corrected chi connectivity index (χ3v) is 6.29. The van der Waals surface area contributed by atoms with Gasteiger partial charge in [0, 0.05) is 10.8 Å². The van der Waals surface area contributed by atoms with E-state index in [1.807, 2.05) is 31.2 Å². The van der Waals surface area contributed by atoms with Crippen LogP contribution in [-0.4, -0.2) is 52.6 Å². The van der Waals surface area contributed by atoms with Crippen molar-refractivity contribution in [2.45, 2.75) is 11.8 Å². The van der Waals surface area contributed by atoms with Crippen LogP contribution in [0.1, 0.15) is 6.92 Å². The summed E-state index contributed by atoms with van der Waals surface area (Å²) < 4.78 is 33.3. The highest BCUT2D eigenvalue weighted by atomic mass is 32.2. The van der Waals surface area contributed by atoms with Crippen molar-refractivity contribution in [2.24, 2.45) is 0 Å². The fourth-order valence-electron chi connectivity index (χ4n) is 3.00. The summed E-state index contributed by atoms with van der Waals surface area (Å²) in [5, 5.41) is 1.57. The molecule has 1 fully saturated rings. The third-order valence-electron chi connectivity index (χ3n) is 4.34. The number of nitrogens with one attached hydrogen (secondary N) is 1. The normalized spacial score (nSPS) is 17.5. The van der Waals surface area contributed by atoms with E-state index < -0.39 is 10.0 Å². The summed E-state index contributed by atoms with van der Waals surface area (Å²) in [7, 11) is -1.39. The zero-order valence-electron chi connectivity index (χ0n) is 13.6. The van der Waals surface area contributed by atoms with Gasteiger partial charge in [0.25, 0.3) is 0 Å². The number of likely N-dealkylation sites (N-methyl/N-ethyl adjacent to an activating group) is 1. The highest BCUT2D eigenvalue weighted by molar-refractivity contribution is 7.89. The molecule has 6 heteroatoms. The second-order valence-electron chi connectivity index (χ2n) is 5.90. The van der Waals surface area contributed by atoms with E-state index in [1.54, 1.807) is 16.4 Å². The molecule has 1 heterocycles. The Morgan fingerprint density at radius 1 is 1.09 bits per heavy atom. The minimum atomic E-state index is -3.48. The van der Waals surface area contributed by atoms with E-state index in [4.69, 9.17) is 4.74 Å². The first-order valence-electron chi connectivity index (χ1n) is 8.00. The molecule has 0 aromatic heterocycles. The number of hydrogen-bond acceptors (Lipinski definition) is 3. The van der Waals surface area contributed by atoms with Crippen molar-refractivity contribution in [3.8, 4) is 5.75 Å². The second kappa shape index (κ2) is 6.47. The lowest BCUT2D eigenvalue weighted by Gasteiger charge is -2.29. The number of benzene rings is 2. The van der Waals surface area contributed by atoms with Crippen molar-refractivity contribution < 1.29 is 18.1 Å². The quantitative estimate of drug-likeness (QED) is 0.897. The van der Waals surface area contributed by atoms with E-state index in [2.05, 4.69) is 7.05 Å². The number of fused-ring (bicyclic) bond motifs is 1. The van der Waals surface area contributed by atoms with E-state index in [9.17, 15) is 8.42 Å². The number of rotatable bonds is 4. The van der Waals surface area contributed by atoms with Crippen LogP contribution < -0.4 is 9.64 Å². The Bertz CT molecular complexity index is 797. The number of hydrogen-bond donors (Lipinski definition) is 1. The van der Waals surface area contributed by atoms with Gasteiger partial charge in [-0.15, -0.1) is 0 Å². The Balaban J connectivity index is 2.07. The minimum absolute atomic E-state index is 0.371. The van der Waals surface area contributed by atoms with Gasteiger partial charge < -0.3 is 9.64 Å². The summed E-state index contributed by atoms with van der Waals surface area (Å²) >= 11 is 0. The monoisotopic (exact) mass is 335 g/mol. The fourth-order valence-corrected chi connectivity index (χ4v) is 4.63. The largest absolute Gasteiger partial charge is 0.493 e. The van der Waals surface area contributed by atoms with Crippen LogP contribution in [0, 0.1) is 0 Å². The maximum absolute atomic E-state index is 13.1. The van der Waals surface area contributed by atoms with Gasteiger partial charge in [-0.3, -0.25) is 0 Å². The van der Waals surface area contributed by atoms with Gasteiger partial charge >= 0.3 is 0 Å². The van der Waals surface area contributed by atoms with Crippen LogP contribution in [0.15, 0.2) is 41.3 Å². The van der Waals surface area contributed by atoms with Crippen LogP contribution in [0.4, 0.5) is 0 Å². The first-order chi connectivity index (χ1) is 11.0. The van der Waals surface area contributed by atoms with E-state index in [0.717, 1.165) is 29.6 Å². The minimum Gasteiger partial charge on any atom is -0.493 e. The van der Waals surface area contributed by atoms with Crippen molar-refractivity contribution >= 4 is 20.8 Å². The maximum Gasteiger partial charge on any atom is 0.244 e. The summed E-state index contributed by atoms with van der Waals surface area (Å²) in [5.41, 5.74) is 0. The Morgan fingerprint density at radius 3 is 2.39 bits per heavy atom. The molecule has 0 amide bonds. The van der Waals surface area contributed by atoms with Crippen LogP contribution >= 0.6 is 0 Å². The summed E-state index contributed by atoms with van der Waals surface area (Å²) in [6.07, 6.45) is 0. The highest BCUT2D eigenvalue weighted by Gasteiger charge is 2.30. The number of nitrogens with zero attached hydrogens (tertiary/aromatic N) is 1. The standard InChI is InChI=1S/C17H22N2O3S/c1-3-22-16-8-9-17(15-7-5-4-6-14(15)16)23(20,21)19-12-10-18(2)11-13-19/h4-9H,3,10-13H2,1-2H3/p+1. The number of sulfonamides is 1. The lowest BCUT2D eigenvalue weighted by atomic mass is 10.1. The van der Waals surface area contributed by atoms with Gasteiger partial charge in [0.2, 0.25) is 10.0 Å². The van der Waals surface area contributed by atoms with E-state index >= 15 is 0 Å². The van der Waals surface area contributed by atoms with Crippen LogP contribution in [-0.2, 0) is 10.0 Å². The molecule has 0 bridgehead atoms. The lowest BCUT2D eigenvalue weighted by molar-refractivity contribution is -0.883. The summed E-state index contributed by atoms with van der Waals surface area (Å²) in [4.78, 5) is 1.74. The van der Waals surface area contributed by atoms with Gasteiger partial charge in [-0.1, -0.05) is 24.3 Å². The van der Waals surface area contributed by atoms with Crippen LogP contribution in [0.25, 0.3) is 10.8 Å². The van der Waals surface area contributed by atoms with Gasteiger partial charge in [-0.2, -0.15) is 4.31 Å². The molecular weight excluding hydrogens is 312 g/mol. The molecule has 1 N–H and O–H groups in total. The molecule has 0 unspecified atom stereocenters. The number of piperazine rings is 1. The molecule has 23 heavy (non-hydrogen) atoms. The van der Waals surface area contributed by atoms with Gasteiger partial charge in [0.15, 0.2) is 0 Å². The zero-order valence-corrected chi connectivity index (χ0v) is 14.4. The molecule has 0 spiro atoms. The number of ether oxygens (including phenoxy) is 1. The summed E-state index contributed by atoms with van der Waals surface area (Å²) in [6, 6.07) is 11.0. The predicted octanol–water partition coefficient (Wildman–Crippen LogP) is 0.758. The Hall–Kier alpha value is -1.63. The summed E-state index contributed by atoms with van der Waals surface area (Å²) in [5.74, 6) is 0.727. The molecule has 1 aliphatic heterocycles. The molecule has 3 rings (SSSR count). The number of quaternary nitrogens is 1. The molecule has 1 saturated heterocycles. The lowest BCUT2D eigenvalue weighted by Crippen LogP contribution is -3.12. The molecule has 1 aliphatic rings. The molecule has 124 valence electrons. The molecule has 2 aromatic rings. The Kier molecular flexibility index (Phi) is 4.57. The van der Waals surface area contributed by atoms with Gasteiger partial charge in [0.1, 0.15) is 5.75 Å². The SMILES string of the molecule is CCOc1ccc(S(=O)(=O)N2CC[NH+](C)CC2)c2ccccc12. The topological polar surface area (TPSA) is 51.1 Å². The highest BCUT2D eigenvalue weighted by Crippen LogP contribution is 2.32. The predicted molar refractivity (Wildman–Crippen MR) is 90.5 cm³/mol. The molecule has 5 nitrogen and oxygen atoms in total. The second-order valence-corrected chi connectivity index (χ2v) is 7.81. The Labute approximate surface area is 137 Å². The van der Waals surface area contributed by atoms with Crippen molar-refractivity contribution in [3.05, 3.63) is 36.4 Å². The van der Waals surface area contributed by atoms with Crippen molar-refractivity contribution in [2.75, 3.05) is 39.8 Å². The molecule has 2 aromatic carbocycles. The molecule has 0 radical (unpaired) electrons. The third kappa shape index (κ3) is 3.06. The van der Waals surface area contributed by atoms with E-state index in [0.29, 0.717) is 24.6 Å². The smallest absolute Gasteiger partial charge is 0.244 e. The van der Waals surface area contributed by atoms with Crippen molar-refractivity contribution in [1.82, 2.24) is 4.31 Å². The van der Waals surface area contributed by atoms with Crippen LogP contribution in [0.3, 0.4) is 0 Å². The first kappa shape index (κ1) is 16.2. The van der Waals surface area contributed by atoms with E-state index in [-0.39, 0.29) is 0 Å². The van der Waals surface area contributed by atoms with E-state index in [1.165, 1.54) is 4.90 Å².